The minimum atomic E-state index is -3.11. The van der Waals surface area contributed by atoms with Crippen LogP contribution in [0.4, 0.5) is 0 Å². The lowest BCUT2D eigenvalue weighted by atomic mass is 10.00. The van der Waals surface area contributed by atoms with Gasteiger partial charge in [-0.1, -0.05) is 42.5 Å². The molecule has 0 fully saturated rings. The summed E-state index contributed by atoms with van der Waals surface area (Å²) < 4.78 is 19.4. The maximum absolute atomic E-state index is 13.6. The maximum Gasteiger partial charge on any atom is 0.306 e. The molecule has 0 radical (unpaired) electrons. The molecule has 118 valence electrons. The average Bonchev–Trinajstić information content (AvgIpc) is 2.64. The largest absolute Gasteiger partial charge is 0.445 e. The third kappa shape index (κ3) is 3.83. The van der Waals surface area contributed by atoms with Crippen molar-refractivity contribution in [3.8, 4) is 0 Å². The molecule has 0 aromatic heterocycles. The van der Waals surface area contributed by atoms with Crippen LogP contribution in [0.2, 0.25) is 0 Å². The number of benzene rings is 2. The molecule has 2 aromatic rings. The van der Waals surface area contributed by atoms with E-state index in [0.717, 1.165) is 12.8 Å². The van der Waals surface area contributed by atoms with Crippen molar-refractivity contribution < 1.29 is 9.09 Å². The summed E-state index contributed by atoms with van der Waals surface area (Å²) in [5.41, 5.74) is 1.27. The Morgan fingerprint density at radius 2 is 1.48 bits per heavy atom. The zero-order valence-corrected chi connectivity index (χ0v) is 14.0. The second-order valence-corrected chi connectivity index (χ2v) is 8.00. The Morgan fingerprint density at radius 1 is 0.870 bits per heavy atom. The van der Waals surface area contributed by atoms with E-state index in [4.69, 9.17) is 4.52 Å². The van der Waals surface area contributed by atoms with E-state index in [1.54, 1.807) is 6.26 Å². The maximum atomic E-state index is 13.6. The minimum absolute atomic E-state index is 0.716. The van der Waals surface area contributed by atoms with Crippen molar-refractivity contribution in [3.05, 3.63) is 84.7 Å². The van der Waals surface area contributed by atoms with Crippen molar-refractivity contribution >= 4 is 18.0 Å². The van der Waals surface area contributed by atoms with Gasteiger partial charge in [0.15, 0.2) is 0 Å². The lowest BCUT2D eigenvalue weighted by Gasteiger charge is -2.18. The van der Waals surface area contributed by atoms with Crippen molar-refractivity contribution in [2.45, 2.75) is 25.7 Å². The number of allylic oxidation sites excluding steroid dienone is 3. The molecule has 2 nitrogen and oxygen atoms in total. The fourth-order valence-corrected chi connectivity index (χ4v) is 4.64. The Kier molecular flexibility index (Phi) is 5.15. The SMILES string of the molecule is O=P(OC=CC1=CCCCC1)(c1ccccc1)c1ccccc1. The average molecular weight is 324 g/mol. The molecular formula is C20H21O2P. The van der Waals surface area contributed by atoms with Gasteiger partial charge in [-0.2, -0.15) is 0 Å². The van der Waals surface area contributed by atoms with Crippen LogP contribution in [0.25, 0.3) is 0 Å². The first-order chi connectivity index (χ1) is 11.3. The van der Waals surface area contributed by atoms with Gasteiger partial charge in [-0.05, 0) is 61.6 Å². The fourth-order valence-electron chi connectivity index (χ4n) is 2.74. The van der Waals surface area contributed by atoms with E-state index in [1.165, 1.54) is 18.4 Å². The summed E-state index contributed by atoms with van der Waals surface area (Å²) in [5.74, 6) is 0. The predicted octanol–water partition coefficient (Wildman–Crippen LogP) is 4.95. The Labute approximate surface area is 138 Å². The van der Waals surface area contributed by atoms with Gasteiger partial charge in [0.1, 0.15) is 0 Å². The van der Waals surface area contributed by atoms with Crippen molar-refractivity contribution in [1.29, 1.82) is 0 Å². The molecule has 3 heteroatoms. The van der Waals surface area contributed by atoms with Crippen molar-refractivity contribution in [2.24, 2.45) is 0 Å². The van der Waals surface area contributed by atoms with Crippen LogP contribution in [0, 0.1) is 0 Å². The number of rotatable bonds is 5. The zero-order valence-electron chi connectivity index (χ0n) is 13.1. The Hall–Kier alpha value is -2.05. The van der Waals surface area contributed by atoms with E-state index < -0.39 is 7.37 Å². The molecule has 0 N–H and O–H groups in total. The molecule has 0 bridgehead atoms. The van der Waals surface area contributed by atoms with Crippen LogP contribution >= 0.6 is 7.37 Å². The summed E-state index contributed by atoms with van der Waals surface area (Å²) >= 11 is 0. The fraction of sp³-hybridized carbons (Fsp3) is 0.200. The summed E-state index contributed by atoms with van der Waals surface area (Å²) in [5, 5.41) is 1.43. The Morgan fingerprint density at radius 3 is 2.00 bits per heavy atom. The van der Waals surface area contributed by atoms with Crippen molar-refractivity contribution in [3.63, 3.8) is 0 Å². The van der Waals surface area contributed by atoms with Crippen LogP contribution in [0.5, 0.6) is 0 Å². The predicted molar refractivity (Wildman–Crippen MR) is 96.5 cm³/mol. The molecule has 0 amide bonds. The van der Waals surface area contributed by atoms with Gasteiger partial charge in [0.05, 0.1) is 16.9 Å². The number of hydrogen-bond donors (Lipinski definition) is 0. The molecule has 0 unspecified atom stereocenters. The molecule has 3 rings (SSSR count). The lowest BCUT2D eigenvalue weighted by Crippen LogP contribution is -2.16. The first-order valence-corrected chi connectivity index (χ1v) is 9.67. The highest BCUT2D eigenvalue weighted by Crippen LogP contribution is 2.44. The standard InChI is InChI=1S/C20H21O2P/c21-23(19-12-6-2-7-13-19,20-14-8-3-9-15-20)22-17-16-18-10-4-1-5-11-18/h2-3,6-10,12-17H,1,4-5,11H2. The summed E-state index contributed by atoms with van der Waals surface area (Å²) in [4.78, 5) is 0. The van der Waals surface area contributed by atoms with Crippen LogP contribution in [-0.2, 0) is 9.09 Å². The monoisotopic (exact) mass is 324 g/mol. The van der Waals surface area contributed by atoms with Gasteiger partial charge in [0, 0.05) is 0 Å². The van der Waals surface area contributed by atoms with E-state index in [9.17, 15) is 4.57 Å². The zero-order chi connectivity index (χ0) is 16.0. The van der Waals surface area contributed by atoms with Crippen LogP contribution in [-0.4, -0.2) is 0 Å². The molecular weight excluding hydrogens is 303 g/mol. The van der Waals surface area contributed by atoms with Gasteiger partial charge in [0.25, 0.3) is 0 Å². The highest BCUT2D eigenvalue weighted by molar-refractivity contribution is 7.74. The second-order valence-electron chi connectivity index (χ2n) is 5.66. The van der Waals surface area contributed by atoms with E-state index in [2.05, 4.69) is 6.08 Å². The summed E-state index contributed by atoms with van der Waals surface area (Å²) in [7, 11) is -3.11. The van der Waals surface area contributed by atoms with E-state index in [0.29, 0.717) is 10.6 Å². The van der Waals surface area contributed by atoms with Gasteiger partial charge in [-0.15, -0.1) is 0 Å². The van der Waals surface area contributed by atoms with Crippen LogP contribution in [0.1, 0.15) is 25.7 Å². The summed E-state index contributed by atoms with van der Waals surface area (Å²) in [6.07, 6.45) is 10.5. The molecule has 0 saturated carbocycles. The molecule has 23 heavy (non-hydrogen) atoms. The highest BCUT2D eigenvalue weighted by atomic mass is 31.2. The Balaban J connectivity index is 1.89. The molecule has 0 heterocycles. The Bertz CT molecular complexity index is 689. The van der Waals surface area contributed by atoms with Gasteiger partial charge >= 0.3 is 7.37 Å². The first-order valence-electron chi connectivity index (χ1n) is 8.04. The van der Waals surface area contributed by atoms with E-state index in [1.807, 2.05) is 66.7 Å². The summed E-state index contributed by atoms with van der Waals surface area (Å²) in [6, 6.07) is 18.8. The van der Waals surface area contributed by atoms with Crippen molar-refractivity contribution in [1.82, 2.24) is 0 Å². The third-order valence-electron chi connectivity index (χ3n) is 4.01. The molecule has 0 saturated heterocycles. The smallest absolute Gasteiger partial charge is 0.306 e. The van der Waals surface area contributed by atoms with E-state index in [-0.39, 0.29) is 0 Å². The molecule has 0 aliphatic heterocycles. The summed E-state index contributed by atoms with van der Waals surface area (Å²) in [6.45, 7) is 0. The van der Waals surface area contributed by atoms with Crippen LogP contribution in [0.15, 0.2) is 84.7 Å². The van der Waals surface area contributed by atoms with Gasteiger partial charge in [-0.25, -0.2) is 0 Å². The van der Waals surface area contributed by atoms with Crippen LogP contribution < -0.4 is 10.6 Å². The molecule has 0 atom stereocenters. The topological polar surface area (TPSA) is 26.3 Å². The highest BCUT2D eigenvalue weighted by Gasteiger charge is 2.28. The van der Waals surface area contributed by atoms with Gasteiger partial charge in [0.2, 0.25) is 0 Å². The van der Waals surface area contributed by atoms with Crippen LogP contribution in [0.3, 0.4) is 0 Å². The molecule has 1 aliphatic carbocycles. The van der Waals surface area contributed by atoms with Gasteiger partial charge in [-0.3, -0.25) is 4.57 Å². The minimum Gasteiger partial charge on any atom is -0.445 e. The quantitative estimate of drug-likeness (QED) is 0.575. The normalized spacial score (nSPS) is 15.4. The van der Waals surface area contributed by atoms with E-state index >= 15 is 0 Å². The van der Waals surface area contributed by atoms with Gasteiger partial charge < -0.3 is 4.52 Å². The first kappa shape index (κ1) is 15.8. The lowest BCUT2D eigenvalue weighted by molar-refractivity contribution is 0.460. The number of hydrogen-bond acceptors (Lipinski definition) is 2. The molecule has 0 spiro atoms. The molecule has 2 aromatic carbocycles. The third-order valence-corrected chi connectivity index (χ3v) is 6.38. The molecule has 1 aliphatic rings. The second kappa shape index (κ2) is 7.48. The van der Waals surface area contributed by atoms with Crippen molar-refractivity contribution in [2.75, 3.05) is 0 Å².